The van der Waals surface area contributed by atoms with Gasteiger partial charge in [0.15, 0.2) is 9.84 Å². The highest BCUT2D eigenvalue weighted by Crippen LogP contribution is 2.20. The molecule has 0 aromatic carbocycles. The fourth-order valence-corrected chi connectivity index (χ4v) is 4.49. The number of hydrogen-bond acceptors (Lipinski definition) is 5. The molecular formula is C16H25N3O3S. The number of carbonyl (C=O) groups is 1. The summed E-state index contributed by atoms with van der Waals surface area (Å²) in [6.45, 7) is 8.48. The van der Waals surface area contributed by atoms with E-state index in [-0.39, 0.29) is 29.0 Å². The van der Waals surface area contributed by atoms with Crippen LogP contribution in [0.2, 0.25) is 0 Å². The van der Waals surface area contributed by atoms with Gasteiger partial charge in [-0.25, -0.2) is 13.4 Å². The van der Waals surface area contributed by atoms with Crippen LogP contribution in [0.5, 0.6) is 0 Å². The summed E-state index contributed by atoms with van der Waals surface area (Å²) in [5.41, 5.74) is 1.11. The Labute approximate surface area is 138 Å². The topological polar surface area (TPSA) is 79.4 Å². The van der Waals surface area contributed by atoms with Gasteiger partial charge in [-0.15, -0.1) is 0 Å². The summed E-state index contributed by atoms with van der Waals surface area (Å²) in [6.07, 6.45) is 2.14. The lowest BCUT2D eigenvalue weighted by atomic mass is 10.1. The molecule has 1 N–H and O–H groups in total. The maximum Gasteiger partial charge on any atom is 0.272 e. The van der Waals surface area contributed by atoms with Gasteiger partial charge in [-0.05, 0) is 46.2 Å². The number of nitrogens with zero attached hydrogens (tertiary/aromatic N) is 2. The fourth-order valence-electron chi connectivity index (χ4n) is 2.76. The van der Waals surface area contributed by atoms with Crippen molar-refractivity contribution < 1.29 is 13.2 Å². The zero-order valence-electron chi connectivity index (χ0n) is 14.2. The lowest BCUT2D eigenvalue weighted by Gasteiger charge is -2.26. The Morgan fingerprint density at radius 3 is 2.52 bits per heavy atom. The zero-order valence-corrected chi connectivity index (χ0v) is 15.0. The molecule has 7 heteroatoms. The molecule has 1 saturated heterocycles. The van der Waals surface area contributed by atoms with Crippen LogP contribution in [0.4, 0.5) is 5.69 Å². The van der Waals surface area contributed by atoms with Gasteiger partial charge >= 0.3 is 0 Å². The van der Waals surface area contributed by atoms with Gasteiger partial charge in [0.05, 0.1) is 23.4 Å². The van der Waals surface area contributed by atoms with Crippen molar-refractivity contribution in [2.45, 2.75) is 45.7 Å². The minimum Gasteiger partial charge on any atom is -0.379 e. The smallest absolute Gasteiger partial charge is 0.272 e. The highest BCUT2D eigenvalue weighted by Gasteiger charge is 2.34. The molecule has 1 aliphatic heterocycles. The summed E-state index contributed by atoms with van der Waals surface area (Å²) < 4.78 is 23.3. The van der Waals surface area contributed by atoms with E-state index in [1.54, 1.807) is 17.2 Å². The van der Waals surface area contributed by atoms with Gasteiger partial charge in [-0.1, -0.05) is 0 Å². The number of rotatable bonds is 4. The maximum absolute atomic E-state index is 12.6. The minimum absolute atomic E-state index is 0.0518. The third-order valence-corrected chi connectivity index (χ3v) is 5.50. The molecule has 2 rings (SSSR count). The predicted molar refractivity (Wildman–Crippen MR) is 91.4 cm³/mol. The number of amides is 1. The quantitative estimate of drug-likeness (QED) is 0.907. The van der Waals surface area contributed by atoms with Crippen molar-refractivity contribution in [2.24, 2.45) is 0 Å². The molecule has 23 heavy (non-hydrogen) atoms. The number of aromatic nitrogens is 1. The molecule has 0 radical (unpaired) electrons. The first kappa shape index (κ1) is 17.7. The number of anilines is 1. The van der Waals surface area contributed by atoms with Gasteiger partial charge in [0.25, 0.3) is 5.91 Å². The van der Waals surface area contributed by atoms with Crippen LogP contribution in [-0.4, -0.2) is 53.8 Å². The molecule has 0 bridgehead atoms. The molecule has 1 aliphatic rings. The van der Waals surface area contributed by atoms with E-state index >= 15 is 0 Å². The molecule has 1 amide bonds. The van der Waals surface area contributed by atoms with Crippen LogP contribution in [-0.2, 0) is 9.84 Å². The highest BCUT2D eigenvalue weighted by molar-refractivity contribution is 7.91. The van der Waals surface area contributed by atoms with E-state index in [1.165, 1.54) is 0 Å². The molecule has 1 atom stereocenters. The Morgan fingerprint density at radius 2 is 2.09 bits per heavy atom. The third-order valence-electron chi connectivity index (χ3n) is 3.75. The molecule has 1 fully saturated rings. The first-order chi connectivity index (χ1) is 10.6. The summed E-state index contributed by atoms with van der Waals surface area (Å²) in [5.74, 6) is -0.00330. The monoisotopic (exact) mass is 339 g/mol. The van der Waals surface area contributed by atoms with E-state index in [1.807, 2.05) is 33.8 Å². The minimum atomic E-state index is -3.02. The van der Waals surface area contributed by atoms with Crippen LogP contribution in [0.3, 0.4) is 0 Å². The van der Waals surface area contributed by atoms with Crippen LogP contribution in [0, 0.1) is 0 Å². The molecule has 6 nitrogen and oxygen atoms in total. The number of nitrogens with one attached hydrogen (secondary N) is 1. The van der Waals surface area contributed by atoms with Gasteiger partial charge in [0.2, 0.25) is 0 Å². The van der Waals surface area contributed by atoms with E-state index in [9.17, 15) is 13.2 Å². The summed E-state index contributed by atoms with van der Waals surface area (Å²) in [5, 5.41) is 3.29. The summed E-state index contributed by atoms with van der Waals surface area (Å²) in [7, 11) is -3.02. The second-order valence-electron chi connectivity index (χ2n) is 6.96. The number of pyridine rings is 1. The lowest BCUT2D eigenvalue weighted by molar-refractivity contribution is 0.0702. The van der Waals surface area contributed by atoms with Gasteiger partial charge < -0.3 is 10.2 Å². The van der Waals surface area contributed by atoms with Crippen molar-refractivity contribution in [3.63, 3.8) is 0 Å². The van der Waals surface area contributed by atoms with Crippen molar-refractivity contribution >= 4 is 21.4 Å². The van der Waals surface area contributed by atoms with Crippen molar-refractivity contribution in [1.29, 1.82) is 0 Å². The van der Waals surface area contributed by atoms with Crippen LogP contribution in [0.25, 0.3) is 0 Å². The van der Waals surface area contributed by atoms with E-state index in [2.05, 4.69) is 10.3 Å². The Balaban J connectivity index is 2.12. The Morgan fingerprint density at radius 1 is 1.39 bits per heavy atom. The van der Waals surface area contributed by atoms with Crippen molar-refractivity contribution in [2.75, 3.05) is 23.4 Å². The summed E-state index contributed by atoms with van der Waals surface area (Å²) in [6, 6.07) is 3.26. The van der Waals surface area contributed by atoms with Crippen LogP contribution in [0.1, 0.15) is 44.6 Å². The molecule has 2 heterocycles. The van der Waals surface area contributed by atoms with Crippen LogP contribution in [0.15, 0.2) is 18.3 Å². The summed E-state index contributed by atoms with van der Waals surface area (Å²) >= 11 is 0. The fraction of sp³-hybridized carbons (Fsp3) is 0.625. The Kier molecular flexibility index (Phi) is 4.98. The maximum atomic E-state index is 12.6. The highest BCUT2D eigenvalue weighted by atomic mass is 32.2. The summed E-state index contributed by atoms with van der Waals surface area (Å²) in [4.78, 5) is 18.5. The Bertz CT molecular complexity index is 663. The van der Waals surface area contributed by atoms with Crippen molar-refractivity contribution in [3.8, 4) is 0 Å². The van der Waals surface area contributed by atoms with E-state index in [4.69, 9.17) is 0 Å². The van der Waals surface area contributed by atoms with E-state index in [0.717, 1.165) is 5.69 Å². The molecule has 1 aromatic rings. The lowest BCUT2D eigenvalue weighted by Crippen LogP contribution is -2.41. The molecule has 0 saturated carbocycles. The van der Waals surface area contributed by atoms with Gasteiger partial charge in [0, 0.05) is 18.1 Å². The van der Waals surface area contributed by atoms with E-state index < -0.39 is 9.84 Å². The molecule has 1 aromatic heterocycles. The molecular weight excluding hydrogens is 314 g/mol. The van der Waals surface area contributed by atoms with Crippen LogP contribution < -0.4 is 5.32 Å². The first-order valence-electron chi connectivity index (χ1n) is 7.87. The zero-order chi connectivity index (χ0) is 17.3. The number of sulfone groups is 1. The average Bonchev–Trinajstić information content (AvgIpc) is 2.78. The second kappa shape index (κ2) is 6.47. The van der Waals surface area contributed by atoms with Crippen molar-refractivity contribution in [1.82, 2.24) is 9.88 Å². The Hall–Kier alpha value is -1.63. The molecule has 1 unspecified atom stereocenters. The number of hydrogen-bond donors (Lipinski definition) is 1. The third kappa shape index (κ3) is 4.67. The van der Waals surface area contributed by atoms with E-state index in [0.29, 0.717) is 18.7 Å². The van der Waals surface area contributed by atoms with Crippen molar-refractivity contribution in [3.05, 3.63) is 24.0 Å². The first-order valence-corrected chi connectivity index (χ1v) is 9.69. The predicted octanol–water partition coefficient (Wildman–Crippen LogP) is 1.94. The van der Waals surface area contributed by atoms with Gasteiger partial charge in [-0.2, -0.15) is 0 Å². The average molecular weight is 339 g/mol. The second-order valence-corrected chi connectivity index (χ2v) is 9.18. The largest absolute Gasteiger partial charge is 0.379 e. The molecule has 0 aliphatic carbocycles. The standard InChI is InChI=1S/C16H25N3O3S/c1-5-19(13-8-9-23(21,22)11-13)15(20)14-7-6-12(10-17-14)18-16(2,3)4/h6-7,10,13,18H,5,8-9,11H2,1-4H3. The van der Waals surface area contributed by atoms with Crippen LogP contribution >= 0.6 is 0 Å². The normalized spacial score (nSPS) is 20.3. The molecule has 0 spiro atoms. The molecule has 128 valence electrons. The van der Waals surface area contributed by atoms with Gasteiger partial charge in [-0.3, -0.25) is 4.79 Å². The van der Waals surface area contributed by atoms with Gasteiger partial charge in [0.1, 0.15) is 5.69 Å². The number of carbonyl (C=O) groups excluding carboxylic acids is 1. The SMILES string of the molecule is CCN(C(=O)c1ccc(NC(C)(C)C)cn1)C1CCS(=O)(=O)C1.